The molecule has 4 aliphatic carbocycles. The van der Waals surface area contributed by atoms with Gasteiger partial charge in [-0.1, -0.05) is 72.6 Å². The van der Waals surface area contributed by atoms with Crippen LogP contribution < -0.4 is 21.3 Å². The topological polar surface area (TPSA) is 174 Å². The van der Waals surface area contributed by atoms with Crippen molar-refractivity contribution in [1.82, 2.24) is 30.5 Å². The van der Waals surface area contributed by atoms with Crippen molar-refractivity contribution in [2.75, 3.05) is 20.6 Å². The maximum atomic E-state index is 14.9. The molecule has 1 aliphatic heterocycles. The minimum Gasteiger partial charge on any atom is -0.347 e. The van der Waals surface area contributed by atoms with E-state index in [4.69, 9.17) is 0 Å². The summed E-state index contributed by atoms with van der Waals surface area (Å²) >= 11 is 0. The highest BCUT2D eigenvalue weighted by atomic mass is 32.2. The normalized spacial score (nSPS) is 28.1. The van der Waals surface area contributed by atoms with Crippen molar-refractivity contribution >= 4 is 39.6 Å². The number of Topliss-reactive ketones (excluding diaryl/α,β-unsaturated/α-hetero) is 1. The number of carbonyl (C=O) groups excluding carboxylic acids is 5. The second kappa shape index (κ2) is 14.9. The van der Waals surface area contributed by atoms with Crippen LogP contribution in [0.4, 0.5) is 4.79 Å². The fraction of sp³-hybridized carbons (Fsp3) is 0.865. The van der Waals surface area contributed by atoms with Gasteiger partial charge in [-0.3, -0.25) is 19.2 Å². The Morgan fingerprint density at radius 2 is 1.47 bits per heavy atom. The smallest absolute Gasteiger partial charge is 0.315 e. The van der Waals surface area contributed by atoms with E-state index in [0.29, 0.717) is 45.1 Å². The summed E-state index contributed by atoms with van der Waals surface area (Å²) in [6.45, 7) is 10.1. The first-order chi connectivity index (χ1) is 23.9. The van der Waals surface area contributed by atoms with Crippen LogP contribution in [0.15, 0.2) is 0 Å². The van der Waals surface area contributed by atoms with Crippen LogP contribution in [-0.2, 0) is 29.2 Å². The molecule has 0 aromatic rings. The van der Waals surface area contributed by atoms with Crippen LogP contribution in [0.25, 0.3) is 0 Å². The summed E-state index contributed by atoms with van der Waals surface area (Å²) < 4.78 is 27.9. The monoisotopic (exact) mass is 734 g/mol. The standard InChI is InChI=1S/C37H62N6O7S/c1-8-15-26(29(44)32(46)38-24-16-17-24)39-31(45)28-27-25(35(27,3)4)22-43(28)33(47)30(36(5)18-11-9-12-19-36)40-34(48)41-37(20-13-10-14-21-37)23(2)51(49,50)42(6)7/h23-28,30H,8-22H2,1-7H3,(H,38,46)(H,39,45)(H2,40,41,48)/t23-,25+,26+,27+,28+,30-/m1/s1. The van der Waals surface area contributed by atoms with Gasteiger partial charge < -0.3 is 26.2 Å². The van der Waals surface area contributed by atoms with Crippen LogP contribution in [0.1, 0.15) is 125 Å². The third-order valence-corrected chi connectivity index (χ3v) is 15.5. The summed E-state index contributed by atoms with van der Waals surface area (Å²) in [5.41, 5.74) is -1.78. The molecule has 1 heterocycles. The lowest BCUT2D eigenvalue weighted by Crippen LogP contribution is -2.66. The van der Waals surface area contributed by atoms with E-state index in [0.717, 1.165) is 51.4 Å². The van der Waals surface area contributed by atoms with Gasteiger partial charge in [-0.05, 0) is 74.5 Å². The first-order valence-electron chi connectivity index (χ1n) is 19.3. The van der Waals surface area contributed by atoms with Gasteiger partial charge in [-0.15, -0.1) is 0 Å². The molecule has 5 aliphatic rings. The molecule has 5 fully saturated rings. The van der Waals surface area contributed by atoms with Gasteiger partial charge in [0.15, 0.2) is 0 Å². The molecule has 288 valence electrons. The van der Waals surface area contributed by atoms with E-state index in [1.165, 1.54) is 18.4 Å². The zero-order valence-corrected chi connectivity index (χ0v) is 32.6. The van der Waals surface area contributed by atoms with Crippen LogP contribution in [0.5, 0.6) is 0 Å². The molecule has 0 unspecified atom stereocenters. The van der Waals surface area contributed by atoms with Crippen molar-refractivity contribution in [1.29, 1.82) is 0 Å². The summed E-state index contributed by atoms with van der Waals surface area (Å²) in [6, 6.07) is -3.38. The molecule has 1 saturated heterocycles. The van der Waals surface area contributed by atoms with Gasteiger partial charge >= 0.3 is 6.03 Å². The van der Waals surface area contributed by atoms with E-state index in [-0.39, 0.29) is 29.2 Å². The summed E-state index contributed by atoms with van der Waals surface area (Å²) in [5.74, 6) is -2.21. The van der Waals surface area contributed by atoms with Crippen molar-refractivity contribution in [2.24, 2.45) is 22.7 Å². The van der Waals surface area contributed by atoms with Gasteiger partial charge in [0.2, 0.25) is 27.6 Å². The number of carbonyl (C=O) groups is 5. The number of hydrogen-bond donors (Lipinski definition) is 4. The molecule has 6 atom stereocenters. The first-order valence-corrected chi connectivity index (χ1v) is 20.9. The Kier molecular flexibility index (Phi) is 11.6. The quantitative estimate of drug-likeness (QED) is 0.198. The number of likely N-dealkylation sites (tertiary alicyclic amines) is 1. The average molecular weight is 735 g/mol. The van der Waals surface area contributed by atoms with Gasteiger partial charge in [0.05, 0.1) is 16.8 Å². The Morgan fingerprint density at radius 3 is 2.02 bits per heavy atom. The highest BCUT2D eigenvalue weighted by Gasteiger charge is 2.70. The molecule has 5 amide bonds. The Labute approximate surface area is 304 Å². The predicted molar refractivity (Wildman–Crippen MR) is 194 cm³/mol. The SMILES string of the molecule is CCC[C@H](NC(=O)[C@@H]1[C@@H]2[C@H](CN1C(=O)[C@@H](NC(=O)NC1([C@@H](C)S(=O)(=O)N(C)C)CCCCC1)C1(C)CCCCC1)C2(C)C)C(=O)C(=O)NC1CC1. The summed E-state index contributed by atoms with van der Waals surface area (Å²) in [5, 5.41) is 10.9. The minimum absolute atomic E-state index is 0.00627. The second-order valence-corrected chi connectivity index (χ2v) is 19.8. The van der Waals surface area contributed by atoms with Crippen LogP contribution in [0.2, 0.25) is 0 Å². The minimum atomic E-state index is -3.71. The lowest BCUT2D eigenvalue weighted by molar-refractivity contribution is -0.146. The van der Waals surface area contributed by atoms with E-state index in [1.807, 2.05) is 13.8 Å². The van der Waals surface area contributed by atoms with Crippen molar-refractivity contribution in [3.8, 4) is 0 Å². The number of rotatable bonds is 14. The Balaban J connectivity index is 1.40. The number of hydrogen-bond acceptors (Lipinski definition) is 7. The van der Waals surface area contributed by atoms with Gasteiger partial charge in [-0.25, -0.2) is 17.5 Å². The average Bonchev–Trinajstić information content (AvgIpc) is 3.93. The number of nitrogens with one attached hydrogen (secondary N) is 4. The zero-order chi connectivity index (χ0) is 37.5. The molecule has 0 aromatic heterocycles. The van der Waals surface area contributed by atoms with Crippen LogP contribution >= 0.6 is 0 Å². The molecule has 0 bridgehead atoms. The fourth-order valence-electron chi connectivity index (χ4n) is 9.43. The van der Waals surface area contributed by atoms with Gasteiger partial charge in [0, 0.05) is 26.7 Å². The van der Waals surface area contributed by atoms with E-state index >= 15 is 0 Å². The number of ketones is 1. The van der Waals surface area contributed by atoms with Crippen LogP contribution in [-0.4, -0.2) is 103 Å². The number of sulfonamides is 1. The fourth-order valence-corrected chi connectivity index (χ4v) is 10.9. The van der Waals surface area contributed by atoms with Gasteiger partial charge in [0.25, 0.3) is 5.91 Å². The van der Waals surface area contributed by atoms with Crippen molar-refractivity contribution < 1.29 is 32.4 Å². The lowest BCUT2D eigenvalue weighted by Gasteiger charge is -2.45. The highest BCUT2D eigenvalue weighted by molar-refractivity contribution is 7.89. The zero-order valence-electron chi connectivity index (χ0n) is 31.8. The predicted octanol–water partition coefficient (Wildman–Crippen LogP) is 3.22. The molecule has 14 heteroatoms. The molecule has 0 radical (unpaired) electrons. The number of piperidine rings is 1. The summed E-state index contributed by atoms with van der Waals surface area (Å²) in [4.78, 5) is 70.7. The van der Waals surface area contributed by atoms with Crippen molar-refractivity contribution in [3.63, 3.8) is 0 Å². The molecular weight excluding hydrogens is 673 g/mol. The summed E-state index contributed by atoms with van der Waals surface area (Å²) in [7, 11) is -0.709. The van der Waals surface area contributed by atoms with Crippen molar-refractivity contribution in [2.45, 2.75) is 159 Å². The molecule has 4 saturated carbocycles. The van der Waals surface area contributed by atoms with E-state index in [9.17, 15) is 32.4 Å². The third kappa shape index (κ3) is 7.96. The maximum Gasteiger partial charge on any atom is 0.315 e. The molecular formula is C37H62N6O7S. The van der Waals surface area contributed by atoms with E-state index in [1.54, 1.807) is 11.8 Å². The third-order valence-electron chi connectivity index (χ3n) is 13.2. The van der Waals surface area contributed by atoms with E-state index in [2.05, 4.69) is 35.1 Å². The van der Waals surface area contributed by atoms with Gasteiger partial charge in [-0.2, -0.15) is 0 Å². The van der Waals surface area contributed by atoms with Crippen LogP contribution in [0.3, 0.4) is 0 Å². The molecule has 0 aromatic carbocycles. The molecule has 5 rings (SSSR count). The summed E-state index contributed by atoms with van der Waals surface area (Å²) in [6.07, 6.45) is 10.3. The highest BCUT2D eigenvalue weighted by Crippen LogP contribution is 2.65. The molecule has 0 spiro atoms. The molecule has 51 heavy (non-hydrogen) atoms. The Bertz CT molecular complexity index is 1460. The number of nitrogens with zero attached hydrogens (tertiary/aromatic N) is 2. The molecule has 4 N–H and O–H groups in total. The van der Waals surface area contributed by atoms with Gasteiger partial charge in [0.1, 0.15) is 12.1 Å². The number of fused-ring (bicyclic) bond motifs is 1. The number of amides is 5. The number of urea groups is 1. The Hall–Kier alpha value is -2.74. The van der Waals surface area contributed by atoms with Crippen molar-refractivity contribution in [3.05, 3.63) is 0 Å². The maximum absolute atomic E-state index is 14.9. The largest absolute Gasteiger partial charge is 0.347 e. The second-order valence-electron chi connectivity index (χ2n) is 17.3. The lowest BCUT2D eigenvalue weighted by atomic mass is 9.70. The van der Waals surface area contributed by atoms with E-state index < -0.39 is 68.0 Å². The Morgan fingerprint density at radius 1 is 0.882 bits per heavy atom. The van der Waals surface area contributed by atoms with Crippen LogP contribution in [0, 0.1) is 22.7 Å². The first kappa shape index (κ1) is 39.5. The molecule has 13 nitrogen and oxygen atoms in total.